The van der Waals surface area contributed by atoms with Crippen LogP contribution in [-0.2, 0) is 19.5 Å². The third kappa shape index (κ3) is 3.08. The number of hydrogen-bond donors (Lipinski definition) is 2. The van der Waals surface area contributed by atoms with E-state index in [0.29, 0.717) is 0 Å². The van der Waals surface area contributed by atoms with Gasteiger partial charge in [0.1, 0.15) is 11.6 Å². The third-order valence-corrected chi connectivity index (χ3v) is 4.28. The molecule has 2 N–H and O–H groups in total. The van der Waals surface area contributed by atoms with Gasteiger partial charge in [-0.3, -0.25) is 0 Å². The lowest BCUT2D eigenvalue weighted by atomic mass is 10.0. The maximum absolute atomic E-state index is 5.66. The molecule has 4 rings (SSSR count). The van der Waals surface area contributed by atoms with E-state index in [4.69, 9.17) is 4.74 Å². The summed E-state index contributed by atoms with van der Waals surface area (Å²) in [5, 5.41) is 3.47. The van der Waals surface area contributed by atoms with Crippen LogP contribution < -0.4 is 10.1 Å². The molecule has 2 heterocycles. The molecular formula is C19H21N3O. The van der Waals surface area contributed by atoms with Gasteiger partial charge in [0.25, 0.3) is 0 Å². The standard InChI is InChI=1S/C19H21N3O/c1-13-4-6-16-17(9-13)22-19(21-16)12-20-11-14-5-7-18-15(10-14)3-2-8-23-18/h4-7,9-10,20H,2-3,8,11-12H2,1H3,(H,21,22). The van der Waals surface area contributed by atoms with Gasteiger partial charge in [-0.2, -0.15) is 0 Å². The van der Waals surface area contributed by atoms with Crippen molar-refractivity contribution in [2.45, 2.75) is 32.9 Å². The van der Waals surface area contributed by atoms with Crippen LogP contribution in [0.25, 0.3) is 11.0 Å². The molecule has 0 radical (unpaired) electrons. The molecule has 23 heavy (non-hydrogen) atoms. The molecular weight excluding hydrogens is 286 g/mol. The molecule has 118 valence electrons. The second kappa shape index (κ2) is 6.05. The molecule has 1 aromatic heterocycles. The van der Waals surface area contributed by atoms with Gasteiger partial charge in [-0.1, -0.05) is 18.2 Å². The number of rotatable bonds is 4. The lowest BCUT2D eigenvalue weighted by molar-refractivity contribution is 0.288. The summed E-state index contributed by atoms with van der Waals surface area (Å²) in [7, 11) is 0. The highest BCUT2D eigenvalue weighted by Crippen LogP contribution is 2.25. The highest BCUT2D eigenvalue weighted by atomic mass is 16.5. The number of aromatic amines is 1. The van der Waals surface area contributed by atoms with Gasteiger partial charge in [0.05, 0.1) is 24.2 Å². The monoisotopic (exact) mass is 307 g/mol. The van der Waals surface area contributed by atoms with Gasteiger partial charge >= 0.3 is 0 Å². The summed E-state index contributed by atoms with van der Waals surface area (Å²) in [6, 6.07) is 12.8. The van der Waals surface area contributed by atoms with Crippen LogP contribution in [0.4, 0.5) is 0 Å². The number of hydrogen-bond acceptors (Lipinski definition) is 3. The van der Waals surface area contributed by atoms with E-state index in [2.05, 4.69) is 58.6 Å². The second-order valence-electron chi connectivity index (χ2n) is 6.20. The summed E-state index contributed by atoms with van der Waals surface area (Å²) < 4.78 is 5.66. The first kappa shape index (κ1) is 14.3. The Morgan fingerprint density at radius 1 is 1.17 bits per heavy atom. The molecule has 0 unspecified atom stereocenters. The zero-order chi connectivity index (χ0) is 15.6. The van der Waals surface area contributed by atoms with Crippen molar-refractivity contribution in [3.63, 3.8) is 0 Å². The first-order chi connectivity index (χ1) is 11.3. The van der Waals surface area contributed by atoms with E-state index >= 15 is 0 Å². The van der Waals surface area contributed by atoms with Crippen molar-refractivity contribution in [2.75, 3.05) is 6.61 Å². The Hall–Kier alpha value is -2.33. The SMILES string of the molecule is Cc1ccc2nc(CNCc3ccc4c(c3)CCCO4)[nH]c2c1. The van der Waals surface area contributed by atoms with E-state index in [1.54, 1.807) is 0 Å². The predicted molar refractivity (Wildman–Crippen MR) is 91.6 cm³/mol. The Morgan fingerprint density at radius 2 is 2.13 bits per heavy atom. The van der Waals surface area contributed by atoms with Gasteiger partial charge in [0.15, 0.2) is 0 Å². The number of benzene rings is 2. The van der Waals surface area contributed by atoms with Crippen LogP contribution >= 0.6 is 0 Å². The predicted octanol–water partition coefficient (Wildman–Crippen LogP) is 3.49. The Labute approximate surface area is 135 Å². The number of aromatic nitrogens is 2. The summed E-state index contributed by atoms with van der Waals surface area (Å²) in [6.07, 6.45) is 2.23. The van der Waals surface area contributed by atoms with Crippen LogP contribution in [0.2, 0.25) is 0 Å². The molecule has 0 spiro atoms. The van der Waals surface area contributed by atoms with Gasteiger partial charge in [0.2, 0.25) is 0 Å². The minimum absolute atomic E-state index is 0.737. The fourth-order valence-electron chi connectivity index (χ4n) is 3.11. The molecule has 1 aliphatic heterocycles. The molecule has 3 aromatic rings. The first-order valence-corrected chi connectivity index (χ1v) is 8.18. The molecule has 0 fully saturated rings. The minimum atomic E-state index is 0.737. The van der Waals surface area contributed by atoms with E-state index in [-0.39, 0.29) is 0 Å². The fourth-order valence-corrected chi connectivity index (χ4v) is 3.11. The molecule has 1 aliphatic rings. The Bertz CT molecular complexity index is 838. The first-order valence-electron chi connectivity index (χ1n) is 8.18. The largest absolute Gasteiger partial charge is 0.493 e. The van der Waals surface area contributed by atoms with Crippen molar-refractivity contribution in [1.82, 2.24) is 15.3 Å². The molecule has 4 nitrogen and oxygen atoms in total. The minimum Gasteiger partial charge on any atom is -0.493 e. The summed E-state index contributed by atoms with van der Waals surface area (Å²) in [6.45, 7) is 4.51. The van der Waals surface area contributed by atoms with E-state index in [1.165, 1.54) is 16.7 Å². The molecule has 4 heteroatoms. The van der Waals surface area contributed by atoms with Crippen molar-refractivity contribution < 1.29 is 4.74 Å². The van der Waals surface area contributed by atoms with Crippen LogP contribution in [0.3, 0.4) is 0 Å². The van der Waals surface area contributed by atoms with Gasteiger partial charge in [-0.15, -0.1) is 0 Å². The van der Waals surface area contributed by atoms with Crippen LogP contribution in [0.1, 0.15) is 28.9 Å². The van der Waals surface area contributed by atoms with Crippen LogP contribution in [0.15, 0.2) is 36.4 Å². The zero-order valence-corrected chi connectivity index (χ0v) is 13.4. The number of imidazole rings is 1. The smallest absolute Gasteiger partial charge is 0.122 e. The van der Waals surface area contributed by atoms with E-state index in [0.717, 1.165) is 55.1 Å². The van der Waals surface area contributed by atoms with E-state index in [1.807, 2.05) is 0 Å². The average Bonchev–Trinajstić information content (AvgIpc) is 2.96. The number of ether oxygens (including phenoxy) is 1. The van der Waals surface area contributed by atoms with Crippen LogP contribution in [0.5, 0.6) is 5.75 Å². The highest BCUT2D eigenvalue weighted by molar-refractivity contribution is 5.75. The number of nitrogens with zero attached hydrogens (tertiary/aromatic N) is 1. The number of aryl methyl sites for hydroxylation is 2. The molecule has 2 aromatic carbocycles. The normalized spacial score (nSPS) is 13.8. The lowest BCUT2D eigenvalue weighted by Crippen LogP contribution is -2.15. The quantitative estimate of drug-likeness (QED) is 0.776. The van der Waals surface area contributed by atoms with E-state index < -0.39 is 0 Å². The van der Waals surface area contributed by atoms with Gasteiger partial charge in [0, 0.05) is 6.54 Å². The van der Waals surface area contributed by atoms with Crippen molar-refractivity contribution in [3.8, 4) is 5.75 Å². The topological polar surface area (TPSA) is 49.9 Å². The van der Waals surface area contributed by atoms with Gasteiger partial charge < -0.3 is 15.0 Å². The lowest BCUT2D eigenvalue weighted by Gasteiger charge is -2.17. The van der Waals surface area contributed by atoms with Crippen molar-refractivity contribution in [3.05, 3.63) is 58.9 Å². The van der Waals surface area contributed by atoms with Crippen molar-refractivity contribution in [2.24, 2.45) is 0 Å². The van der Waals surface area contributed by atoms with Crippen molar-refractivity contribution in [1.29, 1.82) is 0 Å². The molecule has 0 atom stereocenters. The van der Waals surface area contributed by atoms with Crippen molar-refractivity contribution >= 4 is 11.0 Å². The molecule has 0 aliphatic carbocycles. The number of nitrogens with one attached hydrogen (secondary N) is 2. The highest BCUT2D eigenvalue weighted by Gasteiger charge is 2.10. The summed E-state index contributed by atoms with van der Waals surface area (Å²) in [5.74, 6) is 2.03. The Morgan fingerprint density at radius 3 is 3.09 bits per heavy atom. The zero-order valence-electron chi connectivity index (χ0n) is 13.4. The summed E-state index contributed by atoms with van der Waals surface area (Å²) >= 11 is 0. The average molecular weight is 307 g/mol. The van der Waals surface area contributed by atoms with Gasteiger partial charge in [-0.25, -0.2) is 4.98 Å². The second-order valence-corrected chi connectivity index (χ2v) is 6.20. The number of H-pyrrole nitrogens is 1. The Kier molecular flexibility index (Phi) is 3.75. The maximum atomic E-state index is 5.66. The maximum Gasteiger partial charge on any atom is 0.122 e. The van der Waals surface area contributed by atoms with Gasteiger partial charge in [-0.05, 0) is 54.7 Å². The molecule has 0 amide bonds. The fraction of sp³-hybridized carbons (Fsp3) is 0.316. The molecule has 0 saturated heterocycles. The van der Waals surface area contributed by atoms with Crippen LogP contribution in [-0.4, -0.2) is 16.6 Å². The molecule has 0 bridgehead atoms. The molecule has 0 saturated carbocycles. The van der Waals surface area contributed by atoms with E-state index in [9.17, 15) is 0 Å². The number of fused-ring (bicyclic) bond motifs is 2. The Balaban J connectivity index is 1.40. The van der Waals surface area contributed by atoms with Crippen LogP contribution in [0, 0.1) is 6.92 Å². The third-order valence-electron chi connectivity index (χ3n) is 4.28. The summed E-state index contributed by atoms with van der Waals surface area (Å²) in [5.41, 5.74) is 6.00. The summed E-state index contributed by atoms with van der Waals surface area (Å²) in [4.78, 5) is 8.00.